The van der Waals surface area contributed by atoms with Crippen LogP contribution in [-0.2, 0) is 0 Å². The predicted molar refractivity (Wildman–Crippen MR) is 81.7 cm³/mol. The van der Waals surface area contributed by atoms with Gasteiger partial charge in [-0.2, -0.15) is 0 Å². The molecule has 20 heavy (non-hydrogen) atoms. The van der Waals surface area contributed by atoms with Crippen LogP contribution in [0.15, 0.2) is 30.5 Å². The molecular weight excluding hydrogens is 250 g/mol. The molecule has 3 rings (SSSR count). The Morgan fingerprint density at radius 3 is 2.80 bits per heavy atom. The molecule has 0 spiro atoms. The molecule has 1 fully saturated rings. The van der Waals surface area contributed by atoms with Crippen LogP contribution in [0.1, 0.15) is 5.56 Å². The normalized spacial score (nSPS) is 15.3. The molecule has 2 aromatic rings. The van der Waals surface area contributed by atoms with Gasteiger partial charge in [0.1, 0.15) is 0 Å². The molecule has 5 heteroatoms. The van der Waals surface area contributed by atoms with E-state index < -0.39 is 0 Å². The summed E-state index contributed by atoms with van der Waals surface area (Å²) in [6.07, 6.45) is 1.84. The summed E-state index contributed by atoms with van der Waals surface area (Å²) in [6, 6.07) is 8.33. The van der Waals surface area contributed by atoms with Gasteiger partial charge in [0.05, 0.1) is 17.6 Å². The number of hydrogen-bond donors (Lipinski definition) is 2. The fraction of sp³-hybridized carbons (Fsp3) is 0.333. The SMILES string of the molecule is Cc1cccc(-c2nc(N)ncc2N2CCNCC2)c1. The van der Waals surface area contributed by atoms with E-state index in [9.17, 15) is 0 Å². The number of anilines is 2. The van der Waals surface area contributed by atoms with Gasteiger partial charge in [0.25, 0.3) is 0 Å². The van der Waals surface area contributed by atoms with Crippen molar-refractivity contribution < 1.29 is 0 Å². The molecule has 5 nitrogen and oxygen atoms in total. The fourth-order valence-electron chi connectivity index (χ4n) is 2.53. The van der Waals surface area contributed by atoms with E-state index in [-0.39, 0.29) is 0 Å². The third-order valence-corrected chi connectivity index (χ3v) is 3.54. The van der Waals surface area contributed by atoms with Crippen molar-refractivity contribution in [1.29, 1.82) is 0 Å². The Balaban J connectivity index is 2.06. The van der Waals surface area contributed by atoms with Crippen LogP contribution in [0, 0.1) is 6.92 Å². The highest BCUT2D eigenvalue weighted by molar-refractivity contribution is 5.75. The Morgan fingerprint density at radius 1 is 1.25 bits per heavy atom. The van der Waals surface area contributed by atoms with Gasteiger partial charge < -0.3 is 16.0 Å². The number of nitrogens with two attached hydrogens (primary N) is 1. The summed E-state index contributed by atoms with van der Waals surface area (Å²) in [6.45, 7) is 5.98. The van der Waals surface area contributed by atoms with E-state index in [2.05, 4.69) is 45.3 Å². The minimum absolute atomic E-state index is 0.320. The van der Waals surface area contributed by atoms with E-state index in [0.29, 0.717) is 5.95 Å². The lowest BCUT2D eigenvalue weighted by Gasteiger charge is -2.30. The van der Waals surface area contributed by atoms with Crippen LogP contribution < -0.4 is 16.0 Å². The van der Waals surface area contributed by atoms with Gasteiger partial charge in [0.15, 0.2) is 0 Å². The summed E-state index contributed by atoms with van der Waals surface area (Å²) in [5, 5.41) is 3.36. The molecule has 2 heterocycles. The van der Waals surface area contributed by atoms with Gasteiger partial charge in [0, 0.05) is 31.7 Å². The Kier molecular flexibility index (Phi) is 3.52. The summed E-state index contributed by atoms with van der Waals surface area (Å²) >= 11 is 0. The van der Waals surface area contributed by atoms with Crippen molar-refractivity contribution in [2.75, 3.05) is 36.8 Å². The number of aryl methyl sites for hydroxylation is 1. The van der Waals surface area contributed by atoms with Crippen molar-refractivity contribution in [3.63, 3.8) is 0 Å². The average molecular weight is 269 g/mol. The lowest BCUT2D eigenvalue weighted by molar-refractivity contribution is 0.588. The van der Waals surface area contributed by atoms with Crippen LogP contribution in [0.2, 0.25) is 0 Å². The van der Waals surface area contributed by atoms with Crippen molar-refractivity contribution in [3.8, 4) is 11.3 Å². The average Bonchev–Trinajstić information content (AvgIpc) is 2.48. The molecule has 104 valence electrons. The van der Waals surface area contributed by atoms with Gasteiger partial charge in [-0.25, -0.2) is 9.97 Å². The number of benzene rings is 1. The number of rotatable bonds is 2. The molecule has 1 aliphatic rings. The maximum Gasteiger partial charge on any atom is 0.220 e. The third kappa shape index (κ3) is 2.58. The third-order valence-electron chi connectivity index (χ3n) is 3.54. The van der Waals surface area contributed by atoms with E-state index in [1.54, 1.807) is 0 Å². The topological polar surface area (TPSA) is 67.1 Å². The Bertz CT molecular complexity index is 605. The molecule has 0 atom stereocenters. The van der Waals surface area contributed by atoms with E-state index in [1.165, 1.54) is 5.56 Å². The summed E-state index contributed by atoms with van der Waals surface area (Å²) in [5.74, 6) is 0.320. The second-order valence-electron chi connectivity index (χ2n) is 5.07. The minimum Gasteiger partial charge on any atom is -0.368 e. The summed E-state index contributed by atoms with van der Waals surface area (Å²) in [4.78, 5) is 10.9. The number of hydrogen-bond acceptors (Lipinski definition) is 5. The van der Waals surface area contributed by atoms with E-state index in [0.717, 1.165) is 43.1 Å². The number of nitrogens with one attached hydrogen (secondary N) is 1. The van der Waals surface area contributed by atoms with Crippen molar-refractivity contribution in [2.45, 2.75) is 6.92 Å². The highest BCUT2D eigenvalue weighted by Crippen LogP contribution is 2.29. The minimum atomic E-state index is 0.320. The smallest absolute Gasteiger partial charge is 0.220 e. The summed E-state index contributed by atoms with van der Waals surface area (Å²) in [7, 11) is 0. The first-order chi connectivity index (χ1) is 9.74. The van der Waals surface area contributed by atoms with Gasteiger partial charge >= 0.3 is 0 Å². The van der Waals surface area contributed by atoms with Gasteiger partial charge in [-0.15, -0.1) is 0 Å². The molecule has 1 aromatic heterocycles. The van der Waals surface area contributed by atoms with Crippen molar-refractivity contribution in [3.05, 3.63) is 36.0 Å². The zero-order valence-electron chi connectivity index (χ0n) is 11.6. The summed E-state index contributed by atoms with van der Waals surface area (Å²) < 4.78 is 0. The Morgan fingerprint density at radius 2 is 2.05 bits per heavy atom. The molecule has 0 saturated carbocycles. The van der Waals surface area contributed by atoms with Gasteiger partial charge in [-0.3, -0.25) is 0 Å². The largest absolute Gasteiger partial charge is 0.368 e. The molecule has 0 aliphatic carbocycles. The number of aromatic nitrogens is 2. The number of piperazine rings is 1. The molecule has 1 aliphatic heterocycles. The fourth-order valence-corrected chi connectivity index (χ4v) is 2.53. The molecule has 3 N–H and O–H groups in total. The molecule has 0 radical (unpaired) electrons. The molecule has 0 amide bonds. The molecule has 0 bridgehead atoms. The second kappa shape index (κ2) is 5.46. The van der Waals surface area contributed by atoms with Crippen LogP contribution in [0.3, 0.4) is 0 Å². The van der Waals surface area contributed by atoms with E-state index in [1.807, 2.05) is 12.3 Å². The van der Waals surface area contributed by atoms with Crippen LogP contribution >= 0.6 is 0 Å². The molecular formula is C15H19N5. The van der Waals surface area contributed by atoms with Gasteiger partial charge in [-0.05, 0) is 13.0 Å². The van der Waals surface area contributed by atoms with Crippen molar-refractivity contribution >= 4 is 11.6 Å². The lowest BCUT2D eigenvalue weighted by Crippen LogP contribution is -2.43. The zero-order valence-corrected chi connectivity index (χ0v) is 11.6. The first-order valence-electron chi connectivity index (χ1n) is 6.89. The summed E-state index contributed by atoms with van der Waals surface area (Å²) in [5.41, 5.74) is 10.1. The van der Waals surface area contributed by atoms with Gasteiger partial charge in [-0.1, -0.05) is 23.8 Å². The van der Waals surface area contributed by atoms with Crippen LogP contribution in [0.5, 0.6) is 0 Å². The standard InChI is InChI=1S/C15H19N5/c1-11-3-2-4-12(9-11)14-13(10-18-15(16)19-14)20-7-5-17-6-8-20/h2-4,9-10,17H,5-8H2,1H3,(H2,16,18,19). The first kappa shape index (κ1) is 12.9. The molecule has 0 unspecified atom stereocenters. The van der Waals surface area contributed by atoms with E-state index >= 15 is 0 Å². The predicted octanol–water partition coefficient (Wildman–Crippen LogP) is 1.44. The van der Waals surface area contributed by atoms with Crippen LogP contribution in [0.4, 0.5) is 11.6 Å². The quantitative estimate of drug-likeness (QED) is 0.863. The van der Waals surface area contributed by atoms with Crippen LogP contribution in [-0.4, -0.2) is 36.1 Å². The number of nitrogen functional groups attached to an aromatic ring is 1. The molecule has 1 saturated heterocycles. The van der Waals surface area contributed by atoms with Crippen LogP contribution in [0.25, 0.3) is 11.3 Å². The maximum absolute atomic E-state index is 5.78. The monoisotopic (exact) mass is 269 g/mol. The highest BCUT2D eigenvalue weighted by atomic mass is 15.2. The van der Waals surface area contributed by atoms with Gasteiger partial charge in [0.2, 0.25) is 5.95 Å². The maximum atomic E-state index is 5.78. The number of nitrogens with zero attached hydrogens (tertiary/aromatic N) is 3. The Hall–Kier alpha value is -2.14. The Labute approximate surface area is 118 Å². The van der Waals surface area contributed by atoms with E-state index in [4.69, 9.17) is 5.73 Å². The highest BCUT2D eigenvalue weighted by Gasteiger charge is 2.17. The van der Waals surface area contributed by atoms with Crippen molar-refractivity contribution in [2.24, 2.45) is 0 Å². The first-order valence-corrected chi connectivity index (χ1v) is 6.89. The van der Waals surface area contributed by atoms with Crippen molar-refractivity contribution in [1.82, 2.24) is 15.3 Å². The zero-order chi connectivity index (χ0) is 13.9. The molecule has 1 aromatic carbocycles. The lowest BCUT2D eigenvalue weighted by atomic mass is 10.1. The second-order valence-corrected chi connectivity index (χ2v) is 5.07.